The molecule has 0 bridgehead atoms. The van der Waals surface area contributed by atoms with Gasteiger partial charge in [0, 0.05) is 18.3 Å². The lowest BCUT2D eigenvalue weighted by atomic mass is 9.47. The number of rotatable bonds is 7. The van der Waals surface area contributed by atoms with Gasteiger partial charge in [-0.2, -0.15) is 0 Å². The lowest BCUT2D eigenvalue weighted by Gasteiger charge is -2.59. The number of fused-ring (bicyclic) bond motifs is 7. The Labute approximate surface area is 363 Å². The molecule has 27 unspecified atom stereocenters. The molecule has 17 heteroatoms. The molecule has 0 aromatic carbocycles. The van der Waals surface area contributed by atoms with E-state index >= 15 is 0 Å². The maximum atomic E-state index is 12.0. The van der Waals surface area contributed by atoms with Crippen LogP contribution in [0.15, 0.2) is 11.6 Å². The molecule has 8 fully saturated rings. The summed E-state index contributed by atoms with van der Waals surface area (Å²) in [6.45, 7) is 11.5. The molecule has 1 spiro atoms. The van der Waals surface area contributed by atoms with Gasteiger partial charge in [0.2, 0.25) is 0 Å². The molecule has 3 saturated carbocycles. The second-order valence-electron chi connectivity index (χ2n) is 21.1. The fourth-order valence-electron chi connectivity index (χ4n) is 14.0. The first-order valence-corrected chi connectivity index (χ1v) is 23.3. The molecule has 9 rings (SSSR count). The molecule has 9 aliphatic rings. The van der Waals surface area contributed by atoms with Crippen molar-refractivity contribution in [3.63, 3.8) is 0 Å². The Balaban J connectivity index is 0.915. The molecule has 4 aliphatic carbocycles. The first kappa shape index (κ1) is 46.2. The van der Waals surface area contributed by atoms with Gasteiger partial charge in [-0.1, -0.05) is 39.3 Å². The Kier molecular flexibility index (Phi) is 12.7. The lowest BCUT2D eigenvalue weighted by Crippen LogP contribution is -2.66. The Morgan fingerprint density at radius 3 is 1.94 bits per heavy atom. The van der Waals surface area contributed by atoms with Crippen LogP contribution in [-0.2, 0) is 37.9 Å². The summed E-state index contributed by atoms with van der Waals surface area (Å²) in [6, 6.07) is 0. The van der Waals surface area contributed by atoms with Crippen molar-refractivity contribution in [3.8, 4) is 0 Å². The van der Waals surface area contributed by atoms with Crippen LogP contribution in [0.5, 0.6) is 0 Å². The average molecular weight is 885 g/mol. The number of ether oxygens (including phenoxy) is 8. The summed E-state index contributed by atoms with van der Waals surface area (Å²) in [5.41, 5.74) is 1.37. The topological polar surface area (TPSA) is 256 Å². The van der Waals surface area contributed by atoms with Gasteiger partial charge >= 0.3 is 0 Å². The van der Waals surface area contributed by atoms with Crippen molar-refractivity contribution >= 4 is 0 Å². The Morgan fingerprint density at radius 1 is 0.661 bits per heavy atom. The third-order valence-corrected chi connectivity index (χ3v) is 17.8. The first-order chi connectivity index (χ1) is 29.3. The molecular formula is C45H72O17. The van der Waals surface area contributed by atoms with Crippen LogP contribution in [0.25, 0.3) is 0 Å². The van der Waals surface area contributed by atoms with Crippen molar-refractivity contribution < 1.29 is 83.9 Å². The molecule has 0 aromatic heterocycles. The van der Waals surface area contributed by atoms with Gasteiger partial charge in [-0.3, -0.25) is 0 Å². The number of aliphatic hydroxyl groups excluding tert-OH is 9. The smallest absolute Gasteiger partial charge is 0.187 e. The standard InChI is InChI=1S/C45H72O17/c1-18-9-14-45(62-39(18)54)19(2)29-27(61-45)16-26-24-8-7-22-15-23(10-12-43(22,5)25(24)11-13-44(26,29)6)57-42-38(60-41-35(52)33(50)31(48)21(4)56-41)36(53)37(28(17-46)58-42)59-40-34(51)32(49)30(47)20(3)55-40/h7,18-21,23-42,46-54H,8-17H2,1-6H3. The van der Waals surface area contributed by atoms with Crippen molar-refractivity contribution in [2.24, 2.45) is 46.3 Å². The molecule has 5 aliphatic heterocycles. The second kappa shape index (κ2) is 17.0. The molecule has 354 valence electrons. The van der Waals surface area contributed by atoms with Crippen LogP contribution >= 0.6 is 0 Å². The van der Waals surface area contributed by atoms with Gasteiger partial charge in [-0.15, -0.1) is 0 Å². The van der Waals surface area contributed by atoms with Crippen molar-refractivity contribution in [1.29, 1.82) is 0 Å². The number of hydrogen-bond donors (Lipinski definition) is 9. The summed E-state index contributed by atoms with van der Waals surface area (Å²) in [5, 5.41) is 96.6. The highest BCUT2D eigenvalue weighted by molar-refractivity contribution is 5.26. The quantitative estimate of drug-likeness (QED) is 0.158. The van der Waals surface area contributed by atoms with Crippen molar-refractivity contribution in [2.45, 2.75) is 216 Å². The zero-order chi connectivity index (χ0) is 44.4. The lowest BCUT2D eigenvalue weighted by molar-refractivity contribution is -0.388. The van der Waals surface area contributed by atoms with Gasteiger partial charge < -0.3 is 83.9 Å². The Bertz CT molecular complexity index is 1640. The Morgan fingerprint density at radius 2 is 1.31 bits per heavy atom. The third-order valence-electron chi connectivity index (χ3n) is 17.8. The summed E-state index contributed by atoms with van der Waals surface area (Å²) in [7, 11) is 0. The Hall–Kier alpha value is -0.940. The van der Waals surface area contributed by atoms with Crippen LogP contribution in [0.4, 0.5) is 0 Å². The van der Waals surface area contributed by atoms with Gasteiger partial charge in [0.1, 0.15) is 61.0 Å². The molecule has 17 nitrogen and oxygen atoms in total. The predicted molar refractivity (Wildman–Crippen MR) is 214 cm³/mol. The van der Waals surface area contributed by atoms with Crippen LogP contribution in [0.1, 0.15) is 99.3 Å². The fraction of sp³-hybridized carbons (Fsp3) is 0.956. The third kappa shape index (κ3) is 7.40. The van der Waals surface area contributed by atoms with Gasteiger partial charge in [-0.05, 0) is 99.7 Å². The van der Waals surface area contributed by atoms with E-state index in [2.05, 4.69) is 26.8 Å². The summed E-state index contributed by atoms with van der Waals surface area (Å²) in [5.74, 6) is 1.42. The molecular weight excluding hydrogens is 812 g/mol. The average Bonchev–Trinajstić information content (AvgIpc) is 3.69. The molecule has 27 atom stereocenters. The first-order valence-electron chi connectivity index (χ1n) is 23.3. The minimum atomic E-state index is -1.72. The summed E-state index contributed by atoms with van der Waals surface area (Å²) in [4.78, 5) is 0. The van der Waals surface area contributed by atoms with Crippen molar-refractivity contribution in [3.05, 3.63) is 11.6 Å². The van der Waals surface area contributed by atoms with Gasteiger partial charge in [0.05, 0.1) is 31.0 Å². The van der Waals surface area contributed by atoms with Gasteiger partial charge in [0.15, 0.2) is 30.9 Å². The minimum Gasteiger partial charge on any atom is -0.394 e. The van der Waals surface area contributed by atoms with Crippen LogP contribution in [0.3, 0.4) is 0 Å². The van der Waals surface area contributed by atoms with Crippen LogP contribution < -0.4 is 0 Å². The van der Waals surface area contributed by atoms with Crippen LogP contribution in [0, 0.1) is 46.3 Å². The highest BCUT2D eigenvalue weighted by atomic mass is 16.8. The highest BCUT2D eigenvalue weighted by Gasteiger charge is 2.69. The minimum absolute atomic E-state index is 0.0547. The molecule has 0 radical (unpaired) electrons. The van der Waals surface area contributed by atoms with Gasteiger partial charge in [0.25, 0.3) is 0 Å². The van der Waals surface area contributed by atoms with E-state index in [9.17, 15) is 46.0 Å². The normalized spacial score (nSPS) is 58.9. The molecule has 5 heterocycles. The monoisotopic (exact) mass is 884 g/mol. The molecule has 62 heavy (non-hydrogen) atoms. The SMILES string of the molecule is CC1CCC2(OC1O)OC1CC3C4CC=C5CC(OC6OC(CO)C(OC7OC(C)C(O)C(O)C7O)C(O)C6OC6OC(C)C(O)C(O)C6O)CCC5(C)C4CCC3(C)C1C2C. The molecule has 0 amide bonds. The van der Waals surface area contributed by atoms with E-state index in [1.54, 1.807) is 0 Å². The van der Waals surface area contributed by atoms with E-state index in [-0.39, 0.29) is 34.9 Å². The van der Waals surface area contributed by atoms with E-state index < -0.39 is 111 Å². The maximum Gasteiger partial charge on any atom is 0.187 e. The summed E-state index contributed by atoms with van der Waals surface area (Å²) in [6.07, 6.45) is -12.3. The van der Waals surface area contributed by atoms with E-state index in [4.69, 9.17) is 37.9 Å². The zero-order valence-corrected chi connectivity index (χ0v) is 36.8. The fourth-order valence-corrected chi connectivity index (χ4v) is 14.0. The van der Waals surface area contributed by atoms with Crippen LogP contribution in [0.2, 0.25) is 0 Å². The number of allylic oxidation sites excluding steroid dienone is 1. The van der Waals surface area contributed by atoms with E-state index in [0.717, 1.165) is 44.9 Å². The summed E-state index contributed by atoms with van der Waals surface area (Å²) >= 11 is 0. The van der Waals surface area contributed by atoms with E-state index in [0.29, 0.717) is 36.5 Å². The molecule has 0 aromatic rings. The van der Waals surface area contributed by atoms with Crippen LogP contribution in [-0.4, -0.2) is 169 Å². The number of hydrogen-bond acceptors (Lipinski definition) is 17. The largest absolute Gasteiger partial charge is 0.394 e. The van der Waals surface area contributed by atoms with Crippen molar-refractivity contribution in [2.75, 3.05) is 6.61 Å². The van der Waals surface area contributed by atoms with E-state index in [1.165, 1.54) is 19.4 Å². The van der Waals surface area contributed by atoms with Crippen molar-refractivity contribution in [1.82, 2.24) is 0 Å². The van der Waals surface area contributed by atoms with E-state index in [1.807, 2.05) is 6.92 Å². The molecule has 5 saturated heterocycles. The maximum absolute atomic E-state index is 12.0. The summed E-state index contributed by atoms with van der Waals surface area (Å²) < 4.78 is 49.8. The number of aliphatic hydroxyl groups is 9. The zero-order valence-electron chi connectivity index (χ0n) is 36.8. The molecule has 9 N–H and O–H groups in total. The second-order valence-corrected chi connectivity index (χ2v) is 21.1. The predicted octanol–water partition coefficient (Wildman–Crippen LogP) is 0.560. The van der Waals surface area contributed by atoms with Gasteiger partial charge in [-0.25, -0.2) is 0 Å². The highest BCUT2D eigenvalue weighted by Crippen LogP contribution is 2.71.